The summed E-state index contributed by atoms with van der Waals surface area (Å²) in [4.78, 5) is 21.9. The molecule has 2 aromatic carbocycles. The van der Waals surface area contributed by atoms with Gasteiger partial charge in [0.15, 0.2) is 11.4 Å². The largest absolute Gasteiger partial charge is 0.455 e. The molecule has 37 heavy (non-hydrogen) atoms. The summed E-state index contributed by atoms with van der Waals surface area (Å²) < 4.78 is 14.7. The highest BCUT2D eigenvalue weighted by Gasteiger charge is 2.21. The number of imidazole rings is 1. The number of aromatic nitrogens is 3. The molecule has 0 unspecified atom stereocenters. The highest BCUT2D eigenvalue weighted by Crippen LogP contribution is 2.41. The number of pyridine rings is 1. The highest BCUT2D eigenvalue weighted by atomic mass is 79.9. The second kappa shape index (κ2) is 9.67. The van der Waals surface area contributed by atoms with Gasteiger partial charge in [-0.15, -0.1) is 0 Å². The van der Waals surface area contributed by atoms with Gasteiger partial charge in [-0.1, -0.05) is 25.1 Å². The number of para-hydroxylation sites is 1. The molecule has 190 valence electrons. The van der Waals surface area contributed by atoms with Crippen LogP contribution < -0.4 is 5.32 Å². The molecule has 0 saturated heterocycles. The van der Waals surface area contributed by atoms with E-state index in [4.69, 9.17) is 14.1 Å². The summed E-state index contributed by atoms with van der Waals surface area (Å²) in [6, 6.07) is 15.7. The van der Waals surface area contributed by atoms with Crippen LogP contribution in [-0.4, -0.2) is 26.2 Å². The number of hydrogen-bond acceptors (Lipinski definition) is 5. The van der Waals surface area contributed by atoms with Crippen molar-refractivity contribution in [3.8, 4) is 11.3 Å². The number of benzene rings is 2. The fourth-order valence-corrected chi connectivity index (χ4v) is 5.00. The van der Waals surface area contributed by atoms with Crippen molar-refractivity contribution in [2.45, 2.75) is 53.2 Å². The van der Waals surface area contributed by atoms with Crippen molar-refractivity contribution >= 4 is 49.8 Å². The molecular weight excluding hydrogens is 532 g/mol. The number of furan rings is 1. The maximum Gasteiger partial charge on any atom is 0.412 e. The minimum Gasteiger partial charge on any atom is -0.455 e. The quantitative estimate of drug-likeness (QED) is 0.236. The number of rotatable bonds is 5. The van der Waals surface area contributed by atoms with Crippen molar-refractivity contribution in [2.24, 2.45) is 0 Å². The molecule has 7 nitrogen and oxygen atoms in total. The first-order valence-corrected chi connectivity index (χ1v) is 13.0. The third-order valence-electron chi connectivity index (χ3n) is 6.07. The van der Waals surface area contributed by atoms with Gasteiger partial charge in [0.05, 0.1) is 16.7 Å². The molecule has 0 radical (unpaired) electrons. The zero-order valence-corrected chi connectivity index (χ0v) is 23.1. The zero-order valence-electron chi connectivity index (χ0n) is 21.6. The normalized spacial score (nSPS) is 11.8. The zero-order chi connectivity index (χ0) is 26.3. The first-order chi connectivity index (χ1) is 17.6. The smallest absolute Gasteiger partial charge is 0.412 e. The molecule has 5 rings (SSSR count). The third kappa shape index (κ3) is 4.98. The van der Waals surface area contributed by atoms with E-state index in [0.717, 1.165) is 55.5 Å². The van der Waals surface area contributed by atoms with Crippen LogP contribution in [0.15, 0.2) is 63.6 Å². The Balaban J connectivity index is 1.51. The summed E-state index contributed by atoms with van der Waals surface area (Å²) in [6.07, 6.45) is 2.14. The van der Waals surface area contributed by atoms with E-state index in [1.54, 1.807) is 0 Å². The van der Waals surface area contributed by atoms with Crippen LogP contribution in [0.2, 0.25) is 0 Å². The Hall–Kier alpha value is -3.65. The van der Waals surface area contributed by atoms with Gasteiger partial charge in [-0.2, -0.15) is 0 Å². The number of ether oxygens (including phenoxy) is 1. The topological polar surface area (TPSA) is 82.2 Å². The van der Waals surface area contributed by atoms with E-state index in [9.17, 15) is 4.79 Å². The number of hydrogen-bond donors (Lipinski definition) is 1. The van der Waals surface area contributed by atoms with E-state index in [1.165, 1.54) is 0 Å². The van der Waals surface area contributed by atoms with Crippen molar-refractivity contribution in [1.82, 2.24) is 14.5 Å². The molecular formula is C29H29BrN4O3. The first kappa shape index (κ1) is 25.0. The lowest BCUT2D eigenvalue weighted by molar-refractivity contribution is 0.0636. The van der Waals surface area contributed by atoms with Crippen LogP contribution in [0.1, 0.15) is 44.6 Å². The van der Waals surface area contributed by atoms with E-state index in [1.807, 2.05) is 63.4 Å². The average molecular weight is 561 g/mol. The van der Waals surface area contributed by atoms with Crippen LogP contribution in [0, 0.1) is 6.92 Å². The van der Waals surface area contributed by atoms with Crippen LogP contribution in [-0.2, 0) is 17.7 Å². The molecule has 5 aromatic rings. The fourth-order valence-electron chi connectivity index (χ4n) is 4.39. The van der Waals surface area contributed by atoms with E-state index >= 15 is 0 Å². The maximum absolute atomic E-state index is 12.4. The average Bonchev–Trinajstić information content (AvgIpc) is 3.36. The number of aryl methyl sites for hydroxylation is 2. The number of halogens is 1. The first-order valence-electron chi connectivity index (χ1n) is 12.3. The Kier molecular flexibility index (Phi) is 6.54. The molecule has 1 N–H and O–H groups in total. The van der Waals surface area contributed by atoms with Gasteiger partial charge in [-0.25, -0.2) is 14.8 Å². The molecule has 0 saturated carbocycles. The van der Waals surface area contributed by atoms with E-state index < -0.39 is 11.7 Å². The number of nitrogens with one attached hydrogen (secondary N) is 1. The molecule has 1 amide bonds. The van der Waals surface area contributed by atoms with E-state index in [-0.39, 0.29) is 0 Å². The number of nitrogens with zero attached hydrogens (tertiary/aromatic N) is 3. The third-order valence-corrected chi connectivity index (χ3v) is 6.86. The molecule has 3 heterocycles. The van der Waals surface area contributed by atoms with Gasteiger partial charge in [0.1, 0.15) is 22.5 Å². The van der Waals surface area contributed by atoms with E-state index in [0.29, 0.717) is 18.0 Å². The molecule has 3 aromatic heterocycles. The van der Waals surface area contributed by atoms with Crippen LogP contribution >= 0.6 is 15.9 Å². The fraction of sp³-hybridized carbons (Fsp3) is 0.276. The molecule has 0 aliphatic carbocycles. The van der Waals surface area contributed by atoms with Gasteiger partial charge in [-0.3, -0.25) is 5.32 Å². The second-order valence-electron chi connectivity index (χ2n) is 10.0. The molecule has 8 heteroatoms. The lowest BCUT2D eigenvalue weighted by Crippen LogP contribution is -2.27. The Bertz CT molecular complexity index is 1630. The molecule has 0 atom stereocenters. The predicted molar refractivity (Wildman–Crippen MR) is 150 cm³/mol. The lowest BCUT2D eigenvalue weighted by atomic mass is 10.1. The number of carbonyl (C=O) groups excluding carboxylic acids is 1. The monoisotopic (exact) mass is 560 g/mol. The van der Waals surface area contributed by atoms with Crippen LogP contribution in [0.25, 0.3) is 33.5 Å². The van der Waals surface area contributed by atoms with Gasteiger partial charge >= 0.3 is 6.09 Å². The standard InChI is InChI=1S/C29H29BrN4O3/c1-6-23-33-25-17(2)13-14-31-27(25)34(23)16-18-11-12-22-20(15-18)24(30)26(36-22)19-9-7-8-10-21(19)32-28(35)37-29(3,4)5/h7-15H,6,16H2,1-5H3,(H,32,35). The number of anilines is 1. The van der Waals surface area contributed by atoms with Gasteiger partial charge in [-0.05, 0) is 85.1 Å². The van der Waals surface area contributed by atoms with Crippen molar-refractivity contribution in [2.75, 3.05) is 5.32 Å². The minimum atomic E-state index is -0.595. The van der Waals surface area contributed by atoms with Crippen LogP contribution in [0.3, 0.4) is 0 Å². The highest BCUT2D eigenvalue weighted by molar-refractivity contribution is 9.10. The lowest BCUT2D eigenvalue weighted by Gasteiger charge is -2.20. The second-order valence-corrected chi connectivity index (χ2v) is 10.8. The Labute approximate surface area is 224 Å². The van der Waals surface area contributed by atoms with Gasteiger partial charge in [0.25, 0.3) is 0 Å². The Morgan fingerprint density at radius 1 is 1.16 bits per heavy atom. The van der Waals surface area contributed by atoms with Gasteiger partial charge in [0.2, 0.25) is 0 Å². The number of amides is 1. The summed E-state index contributed by atoms with van der Waals surface area (Å²) in [5, 5.41) is 3.80. The SMILES string of the molecule is CCc1nc2c(C)ccnc2n1Cc1ccc2oc(-c3ccccc3NC(=O)OC(C)(C)C)c(Br)c2c1. The minimum absolute atomic E-state index is 0.516. The van der Waals surface area contributed by atoms with Crippen LogP contribution in [0.4, 0.5) is 10.5 Å². The molecule has 0 fully saturated rings. The predicted octanol–water partition coefficient (Wildman–Crippen LogP) is 7.87. The number of fused-ring (bicyclic) bond motifs is 2. The van der Waals surface area contributed by atoms with Gasteiger partial charge in [0, 0.05) is 23.6 Å². The van der Waals surface area contributed by atoms with E-state index in [2.05, 4.69) is 56.8 Å². The van der Waals surface area contributed by atoms with Gasteiger partial charge < -0.3 is 13.7 Å². The summed E-state index contributed by atoms with van der Waals surface area (Å²) in [5.41, 5.74) is 5.59. The summed E-state index contributed by atoms with van der Waals surface area (Å²) in [5.74, 6) is 1.64. The summed E-state index contributed by atoms with van der Waals surface area (Å²) in [6.45, 7) is 10.3. The molecule has 0 bridgehead atoms. The summed E-state index contributed by atoms with van der Waals surface area (Å²) >= 11 is 3.76. The molecule has 0 spiro atoms. The number of carbonyl (C=O) groups is 1. The van der Waals surface area contributed by atoms with Crippen molar-refractivity contribution < 1.29 is 13.9 Å². The Morgan fingerprint density at radius 2 is 1.95 bits per heavy atom. The molecule has 0 aliphatic rings. The molecule has 0 aliphatic heterocycles. The van der Waals surface area contributed by atoms with Crippen LogP contribution in [0.5, 0.6) is 0 Å². The summed E-state index contributed by atoms with van der Waals surface area (Å²) in [7, 11) is 0. The Morgan fingerprint density at radius 3 is 2.70 bits per heavy atom. The van der Waals surface area contributed by atoms with Crippen molar-refractivity contribution in [3.05, 3.63) is 76.2 Å². The van der Waals surface area contributed by atoms with Crippen molar-refractivity contribution in [3.63, 3.8) is 0 Å². The van der Waals surface area contributed by atoms with Crippen molar-refractivity contribution in [1.29, 1.82) is 0 Å². The maximum atomic E-state index is 12.4.